The van der Waals surface area contributed by atoms with Crippen molar-refractivity contribution in [2.24, 2.45) is 5.73 Å². The van der Waals surface area contributed by atoms with E-state index in [9.17, 15) is 10.1 Å². The normalized spacial score (nSPS) is 19.3. The molecule has 0 unspecified atom stereocenters. The molecule has 5 nitrogen and oxygen atoms in total. The van der Waals surface area contributed by atoms with E-state index in [0.29, 0.717) is 0 Å². The van der Waals surface area contributed by atoms with Gasteiger partial charge in [0.25, 0.3) is 5.69 Å². The summed E-state index contributed by atoms with van der Waals surface area (Å²) in [5.74, 6) is 0. The fraction of sp³-hybridized carbons (Fsp3) is 0.545. The molecule has 86 valence electrons. The first kappa shape index (κ1) is 11.0. The zero-order valence-corrected chi connectivity index (χ0v) is 9.06. The summed E-state index contributed by atoms with van der Waals surface area (Å²) in [6, 6.07) is 3.16. The van der Waals surface area contributed by atoms with Crippen LogP contribution in [0.5, 0.6) is 0 Å². The van der Waals surface area contributed by atoms with E-state index in [-0.39, 0.29) is 11.2 Å². The van der Waals surface area contributed by atoms with Crippen LogP contribution in [0.25, 0.3) is 0 Å². The fourth-order valence-corrected chi connectivity index (χ4v) is 2.23. The van der Waals surface area contributed by atoms with Crippen molar-refractivity contribution in [1.82, 2.24) is 4.98 Å². The topological polar surface area (TPSA) is 82.0 Å². The van der Waals surface area contributed by atoms with Gasteiger partial charge in [-0.25, -0.2) is 0 Å². The average molecular weight is 221 g/mol. The van der Waals surface area contributed by atoms with Gasteiger partial charge in [-0.3, -0.25) is 15.1 Å². The van der Waals surface area contributed by atoms with Crippen molar-refractivity contribution in [2.45, 2.75) is 37.6 Å². The van der Waals surface area contributed by atoms with E-state index in [0.717, 1.165) is 31.4 Å². The summed E-state index contributed by atoms with van der Waals surface area (Å²) in [7, 11) is 0. The summed E-state index contributed by atoms with van der Waals surface area (Å²) in [6.45, 7) is 0. The number of aromatic nitrogens is 1. The second-order valence-corrected chi connectivity index (χ2v) is 4.38. The Bertz CT molecular complexity index is 383. The van der Waals surface area contributed by atoms with Crippen molar-refractivity contribution >= 4 is 5.69 Å². The van der Waals surface area contributed by atoms with E-state index in [4.69, 9.17) is 5.73 Å². The summed E-state index contributed by atoms with van der Waals surface area (Å²) in [4.78, 5) is 14.2. The number of nitrogens with two attached hydrogens (primary N) is 1. The molecule has 0 saturated heterocycles. The molecule has 0 bridgehead atoms. The van der Waals surface area contributed by atoms with Crippen molar-refractivity contribution in [3.8, 4) is 0 Å². The SMILES string of the molecule is NC1(c2ccc([N+](=O)[O-])cn2)CCCCC1. The summed E-state index contributed by atoms with van der Waals surface area (Å²) in [5.41, 5.74) is 6.69. The zero-order chi connectivity index (χ0) is 11.6. The summed E-state index contributed by atoms with van der Waals surface area (Å²) in [6.07, 6.45) is 6.55. The van der Waals surface area contributed by atoms with Gasteiger partial charge in [-0.1, -0.05) is 19.3 Å². The molecule has 0 aliphatic heterocycles. The van der Waals surface area contributed by atoms with Gasteiger partial charge < -0.3 is 5.73 Å². The summed E-state index contributed by atoms with van der Waals surface area (Å²) in [5, 5.41) is 10.5. The van der Waals surface area contributed by atoms with Gasteiger partial charge >= 0.3 is 0 Å². The Morgan fingerprint density at radius 3 is 2.50 bits per heavy atom. The molecule has 0 aromatic carbocycles. The van der Waals surface area contributed by atoms with E-state index in [2.05, 4.69) is 4.98 Å². The molecule has 1 heterocycles. The number of hydrogen-bond donors (Lipinski definition) is 1. The van der Waals surface area contributed by atoms with Crippen LogP contribution >= 0.6 is 0 Å². The van der Waals surface area contributed by atoms with E-state index < -0.39 is 4.92 Å². The summed E-state index contributed by atoms with van der Waals surface area (Å²) < 4.78 is 0. The van der Waals surface area contributed by atoms with Gasteiger partial charge in [0.1, 0.15) is 6.20 Å². The molecule has 1 aromatic rings. The van der Waals surface area contributed by atoms with Crippen LogP contribution in [0.1, 0.15) is 37.8 Å². The average Bonchev–Trinajstić information content (AvgIpc) is 2.30. The quantitative estimate of drug-likeness (QED) is 0.612. The number of rotatable bonds is 2. The van der Waals surface area contributed by atoms with Crippen molar-refractivity contribution in [1.29, 1.82) is 0 Å². The lowest BCUT2D eigenvalue weighted by molar-refractivity contribution is -0.385. The minimum absolute atomic E-state index is 0.0168. The third kappa shape index (κ3) is 2.04. The lowest BCUT2D eigenvalue weighted by Crippen LogP contribution is -2.39. The molecule has 0 amide bonds. The van der Waals surface area contributed by atoms with E-state index in [1.165, 1.54) is 18.7 Å². The van der Waals surface area contributed by atoms with E-state index >= 15 is 0 Å². The molecule has 0 atom stereocenters. The second-order valence-electron chi connectivity index (χ2n) is 4.38. The van der Waals surface area contributed by atoms with Gasteiger partial charge in [0.15, 0.2) is 0 Å². The van der Waals surface area contributed by atoms with E-state index in [1.54, 1.807) is 6.07 Å². The van der Waals surface area contributed by atoms with Crippen molar-refractivity contribution < 1.29 is 4.92 Å². The molecule has 16 heavy (non-hydrogen) atoms. The third-order valence-electron chi connectivity index (χ3n) is 3.21. The number of nitro groups is 1. The summed E-state index contributed by atoms with van der Waals surface area (Å²) >= 11 is 0. The Hall–Kier alpha value is -1.49. The van der Waals surface area contributed by atoms with Crippen LogP contribution in [-0.4, -0.2) is 9.91 Å². The highest BCUT2D eigenvalue weighted by Crippen LogP contribution is 2.33. The third-order valence-corrected chi connectivity index (χ3v) is 3.21. The molecule has 0 radical (unpaired) electrons. The van der Waals surface area contributed by atoms with Gasteiger partial charge in [-0.15, -0.1) is 0 Å². The molecule has 2 N–H and O–H groups in total. The van der Waals surface area contributed by atoms with Crippen molar-refractivity contribution in [3.63, 3.8) is 0 Å². The van der Waals surface area contributed by atoms with Crippen LogP contribution < -0.4 is 5.73 Å². The Morgan fingerprint density at radius 2 is 2.00 bits per heavy atom. The predicted molar refractivity (Wildman–Crippen MR) is 59.8 cm³/mol. The Kier molecular flexibility index (Phi) is 2.87. The maximum absolute atomic E-state index is 10.5. The molecular formula is C11H15N3O2. The van der Waals surface area contributed by atoms with Crippen LogP contribution in [0.2, 0.25) is 0 Å². The Balaban J connectivity index is 2.23. The minimum atomic E-state index is -0.444. The lowest BCUT2D eigenvalue weighted by Gasteiger charge is -2.32. The van der Waals surface area contributed by atoms with Crippen LogP contribution in [0.15, 0.2) is 18.3 Å². The largest absolute Gasteiger partial charge is 0.320 e. The van der Waals surface area contributed by atoms with Gasteiger partial charge in [0, 0.05) is 6.07 Å². The second kappa shape index (κ2) is 4.17. The number of nitrogens with zero attached hydrogens (tertiary/aromatic N) is 2. The molecule has 1 saturated carbocycles. The molecule has 1 aliphatic carbocycles. The molecule has 2 rings (SSSR count). The van der Waals surface area contributed by atoms with Gasteiger partial charge in [-0.05, 0) is 18.9 Å². The van der Waals surface area contributed by atoms with Crippen LogP contribution in [0.3, 0.4) is 0 Å². The number of pyridine rings is 1. The molecule has 1 aliphatic rings. The zero-order valence-electron chi connectivity index (χ0n) is 9.06. The first-order chi connectivity index (χ1) is 7.62. The maximum Gasteiger partial charge on any atom is 0.287 e. The molecular weight excluding hydrogens is 206 g/mol. The number of hydrogen-bond acceptors (Lipinski definition) is 4. The minimum Gasteiger partial charge on any atom is -0.320 e. The van der Waals surface area contributed by atoms with Gasteiger partial charge in [0.2, 0.25) is 0 Å². The van der Waals surface area contributed by atoms with Gasteiger partial charge in [-0.2, -0.15) is 0 Å². The fourth-order valence-electron chi connectivity index (χ4n) is 2.23. The highest BCUT2D eigenvalue weighted by atomic mass is 16.6. The first-order valence-corrected chi connectivity index (χ1v) is 5.52. The smallest absolute Gasteiger partial charge is 0.287 e. The highest BCUT2D eigenvalue weighted by Gasteiger charge is 2.30. The van der Waals surface area contributed by atoms with Crippen LogP contribution in [0, 0.1) is 10.1 Å². The maximum atomic E-state index is 10.5. The van der Waals surface area contributed by atoms with Crippen LogP contribution in [0.4, 0.5) is 5.69 Å². The molecule has 0 spiro atoms. The first-order valence-electron chi connectivity index (χ1n) is 5.52. The Labute approximate surface area is 93.8 Å². The van der Waals surface area contributed by atoms with E-state index in [1.807, 2.05) is 0 Å². The standard InChI is InChI=1S/C11H15N3O2/c12-11(6-2-1-3-7-11)10-5-4-9(8-13-10)14(15)16/h4-5,8H,1-3,6-7,12H2. The van der Waals surface area contributed by atoms with Crippen LogP contribution in [-0.2, 0) is 5.54 Å². The molecule has 1 fully saturated rings. The molecule has 1 aromatic heterocycles. The van der Waals surface area contributed by atoms with Crippen molar-refractivity contribution in [3.05, 3.63) is 34.1 Å². The molecule has 5 heteroatoms. The monoisotopic (exact) mass is 221 g/mol. The van der Waals surface area contributed by atoms with Crippen molar-refractivity contribution in [2.75, 3.05) is 0 Å². The Morgan fingerprint density at radius 1 is 1.31 bits per heavy atom. The lowest BCUT2D eigenvalue weighted by atomic mass is 9.80. The van der Waals surface area contributed by atoms with Gasteiger partial charge in [0.05, 0.1) is 16.2 Å². The predicted octanol–water partition coefficient (Wildman–Crippen LogP) is 2.11. The highest BCUT2D eigenvalue weighted by molar-refractivity contribution is 5.29.